The van der Waals surface area contributed by atoms with Crippen LogP contribution in [0.5, 0.6) is 0 Å². The highest BCUT2D eigenvalue weighted by Crippen LogP contribution is 2.38. The molecule has 17 heavy (non-hydrogen) atoms. The third-order valence-corrected chi connectivity index (χ3v) is 3.87. The standard InChI is InChI=1S/C13H17ClN2O/c1-13(2)9(8-15)7-12(17)16(13)11-5-3-10(14)4-6-11/h3-6,9H,7-8,15H2,1-2H3. The lowest BCUT2D eigenvalue weighted by molar-refractivity contribution is -0.117. The molecule has 0 radical (unpaired) electrons. The summed E-state index contributed by atoms with van der Waals surface area (Å²) in [5.41, 5.74) is 6.39. The van der Waals surface area contributed by atoms with Crippen LogP contribution in [0, 0.1) is 5.92 Å². The number of halogens is 1. The number of rotatable bonds is 2. The average Bonchev–Trinajstić information content (AvgIpc) is 2.50. The quantitative estimate of drug-likeness (QED) is 0.879. The molecule has 3 nitrogen and oxygen atoms in total. The Morgan fingerprint density at radius 3 is 2.47 bits per heavy atom. The number of hydrogen-bond donors (Lipinski definition) is 1. The molecule has 1 aliphatic rings. The minimum Gasteiger partial charge on any atom is -0.330 e. The fourth-order valence-corrected chi connectivity index (χ4v) is 2.62. The molecule has 1 unspecified atom stereocenters. The van der Waals surface area contributed by atoms with Gasteiger partial charge in [0.25, 0.3) is 0 Å². The monoisotopic (exact) mass is 252 g/mol. The van der Waals surface area contributed by atoms with E-state index >= 15 is 0 Å². The smallest absolute Gasteiger partial charge is 0.227 e. The van der Waals surface area contributed by atoms with Gasteiger partial charge in [-0.2, -0.15) is 0 Å². The van der Waals surface area contributed by atoms with Crippen molar-refractivity contribution in [1.29, 1.82) is 0 Å². The van der Waals surface area contributed by atoms with E-state index in [4.69, 9.17) is 17.3 Å². The molecule has 0 aliphatic carbocycles. The molecule has 2 N–H and O–H groups in total. The lowest BCUT2D eigenvalue weighted by Gasteiger charge is -2.35. The number of carbonyl (C=O) groups excluding carboxylic acids is 1. The van der Waals surface area contributed by atoms with Gasteiger partial charge in [0.1, 0.15) is 0 Å². The maximum absolute atomic E-state index is 12.1. The average molecular weight is 253 g/mol. The van der Waals surface area contributed by atoms with Gasteiger partial charge in [-0.15, -0.1) is 0 Å². The van der Waals surface area contributed by atoms with Crippen LogP contribution in [0.3, 0.4) is 0 Å². The van der Waals surface area contributed by atoms with Gasteiger partial charge in [0, 0.05) is 28.6 Å². The Morgan fingerprint density at radius 2 is 2.00 bits per heavy atom. The lowest BCUT2D eigenvalue weighted by atomic mass is 9.88. The van der Waals surface area contributed by atoms with Crippen LogP contribution in [-0.2, 0) is 4.79 Å². The number of carbonyl (C=O) groups is 1. The third-order valence-electron chi connectivity index (χ3n) is 3.62. The Kier molecular flexibility index (Phi) is 3.15. The van der Waals surface area contributed by atoms with Gasteiger partial charge in [-0.25, -0.2) is 0 Å². The van der Waals surface area contributed by atoms with Gasteiger partial charge in [-0.1, -0.05) is 11.6 Å². The topological polar surface area (TPSA) is 46.3 Å². The summed E-state index contributed by atoms with van der Waals surface area (Å²) in [6.45, 7) is 4.65. The van der Waals surface area contributed by atoms with Crippen LogP contribution >= 0.6 is 11.6 Å². The Morgan fingerprint density at radius 1 is 1.41 bits per heavy atom. The zero-order valence-corrected chi connectivity index (χ0v) is 10.9. The van der Waals surface area contributed by atoms with Crippen LogP contribution in [0.15, 0.2) is 24.3 Å². The Labute approximate surface area is 107 Å². The van der Waals surface area contributed by atoms with E-state index in [0.717, 1.165) is 5.69 Å². The van der Waals surface area contributed by atoms with Gasteiger partial charge in [-0.05, 0) is 44.7 Å². The molecule has 0 saturated carbocycles. The summed E-state index contributed by atoms with van der Waals surface area (Å²) >= 11 is 5.86. The molecular formula is C13H17ClN2O. The highest BCUT2D eigenvalue weighted by atomic mass is 35.5. The van der Waals surface area contributed by atoms with Crippen LogP contribution in [0.4, 0.5) is 5.69 Å². The van der Waals surface area contributed by atoms with Crippen molar-refractivity contribution in [2.75, 3.05) is 11.4 Å². The Balaban J connectivity index is 2.37. The molecule has 1 aliphatic heterocycles. The first-order valence-electron chi connectivity index (χ1n) is 5.75. The van der Waals surface area contributed by atoms with E-state index in [1.165, 1.54) is 0 Å². The van der Waals surface area contributed by atoms with Crippen molar-refractivity contribution < 1.29 is 4.79 Å². The normalized spacial score (nSPS) is 23.2. The lowest BCUT2D eigenvalue weighted by Crippen LogP contribution is -2.46. The molecular weight excluding hydrogens is 236 g/mol. The van der Waals surface area contributed by atoms with E-state index in [9.17, 15) is 4.79 Å². The summed E-state index contributed by atoms with van der Waals surface area (Å²) in [4.78, 5) is 13.9. The van der Waals surface area contributed by atoms with Crippen LogP contribution in [0.2, 0.25) is 5.02 Å². The molecule has 1 aromatic carbocycles. The third kappa shape index (κ3) is 2.05. The molecule has 1 heterocycles. The molecule has 1 atom stereocenters. The Hall–Kier alpha value is -1.06. The highest BCUT2D eigenvalue weighted by molar-refractivity contribution is 6.30. The minimum absolute atomic E-state index is 0.132. The molecule has 1 fully saturated rings. The Bertz CT molecular complexity index is 428. The van der Waals surface area contributed by atoms with Gasteiger partial charge in [0.2, 0.25) is 5.91 Å². The molecule has 0 aromatic heterocycles. The van der Waals surface area contributed by atoms with Crippen molar-refractivity contribution in [3.8, 4) is 0 Å². The number of hydrogen-bond acceptors (Lipinski definition) is 2. The largest absolute Gasteiger partial charge is 0.330 e. The van der Waals surface area contributed by atoms with Crippen LogP contribution in [-0.4, -0.2) is 18.0 Å². The van der Waals surface area contributed by atoms with Gasteiger partial charge >= 0.3 is 0 Å². The highest BCUT2D eigenvalue weighted by Gasteiger charge is 2.45. The van der Waals surface area contributed by atoms with Crippen LogP contribution in [0.1, 0.15) is 20.3 Å². The first kappa shape index (κ1) is 12.4. The number of amides is 1. The predicted octanol–water partition coefficient (Wildman–Crippen LogP) is 2.43. The summed E-state index contributed by atoms with van der Waals surface area (Å²) in [6, 6.07) is 7.35. The second-order valence-electron chi connectivity index (χ2n) is 5.00. The number of anilines is 1. The van der Waals surface area contributed by atoms with E-state index in [0.29, 0.717) is 18.0 Å². The first-order valence-corrected chi connectivity index (χ1v) is 6.13. The van der Waals surface area contributed by atoms with E-state index < -0.39 is 0 Å². The van der Waals surface area contributed by atoms with Gasteiger partial charge < -0.3 is 10.6 Å². The van der Waals surface area contributed by atoms with Crippen LogP contribution < -0.4 is 10.6 Å². The fourth-order valence-electron chi connectivity index (χ4n) is 2.49. The molecule has 0 bridgehead atoms. The van der Waals surface area contributed by atoms with Crippen molar-refractivity contribution in [1.82, 2.24) is 0 Å². The second-order valence-corrected chi connectivity index (χ2v) is 5.43. The zero-order chi connectivity index (χ0) is 12.6. The van der Waals surface area contributed by atoms with E-state index in [1.807, 2.05) is 17.0 Å². The SMILES string of the molecule is CC1(C)C(CN)CC(=O)N1c1ccc(Cl)cc1. The van der Waals surface area contributed by atoms with Gasteiger partial charge in [0.15, 0.2) is 0 Å². The number of nitrogens with zero attached hydrogens (tertiary/aromatic N) is 1. The summed E-state index contributed by atoms with van der Waals surface area (Å²) in [5.74, 6) is 0.332. The molecule has 92 valence electrons. The van der Waals surface area contributed by atoms with Crippen molar-refractivity contribution in [3.05, 3.63) is 29.3 Å². The van der Waals surface area contributed by atoms with Crippen molar-refractivity contribution in [2.24, 2.45) is 11.7 Å². The summed E-state index contributed by atoms with van der Waals surface area (Å²) in [6.07, 6.45) is 0.520. The maximum atomic E-state index is 12.1. The minimum atomic E-state index is -0.236. The van der Waals surface area contributed by atoms with Crippen molar-refractivity contribution in [3.63, 3.8) is 0 Å². The molecule has 1 aromatic rings. The van der Waals surface area contributed by atoms with E-state index in [2.05, 4.69) is 13.8 Å². The van der Waals surface area contributed by atoms with Crippen LogP contribution in [0.25, 0.3) is 0 Å². The summed E-state index contributed by atoms with van der Waals surface area (Å²) in [5, 5.41) is 0.675. The van der Waals surface area contributed by atoms with Crippen molar-refractivity contribution >= 4 is 23.2 Å². The molecule has 1 saturated heterocycles. The summed E-state index contributed by atoms with van der Waals surface area (Å²) in [7, 11) is 0. The fraction of sp³-hybridized carbons (Fsp3) is 0.462. The van der Waals surface area contributed by atoms with Crippen molar-refractivity contribution in [2.45, 2.75) is 25.8 Å². The molecule has 1 amide bonds. The van der Waals surface area contributed by atoms with E-state index in [-0.39, 0.29) is 17.4 Å². The molecule has 4 heteroatoms. The maximum Gasteiger partial charge on any atom is 0.227 e. The zero-order valence-electron chi connectivity index (χ0n) is 10.1. The number of nitrogens with two attached hydrogens (primary N) is 1. The summed E-state index contributed by atoms with van der Waals surface area (Å²) < 4.78 is 0. The van der Waals surface area contributed by atoms with Gasteiger partial charge in [-0.3, -0.25) is 4.79 Å². The first-order chi connectivity index (χ1) is 7.96. The second kappa shape index (κ2) is 4.31. The predicted molar refractivity (Wildman–Crippen MR) is 70.2 cm³/mol. The van der Waals surface area contributed by atoms with Gasteiger partial charge in [0.05, 0.1) is 0 Å². The molecule has 2 rings (SSSR count). The molecule has 0 spiro atoms. The van der Waals surface area contributed by atoms with E-state index in [1.54, 1.807) is 12.1 Å². The number of benzene rings is 1.